The summed E-state index contributed by atoms with van der Waals surface area (Å²) in [6, 6.07) is 8.94. The number of halogens is 1. The Morgan fingerprint density at radius 2 is 2.18 bits per heavy atom. The zero-order valence-electron chi connectivity index (χ0n) is 8.93. The smallest absolute Gasteiger partial charge is 0.305 e. The SMILES string of the molecule is NC(CC(=O)O)c1cc2ccccc2nc1Br. The molecule has 0 amide bonds. The molecule has 1 atom stereocenters. The third-order valence-electron chi connectivity index (χ3n) is 2.50. The van der Waals surface area contributed by atoms with E-state index in [9.17, 15) is 4.79 Å². The Kier molecular flexibility index (Phi) is 3.40. The van der Waals surface area contributed by atoms with Gasteiger partial charge < -0.3 is 10.8 Å². The second-order valence-electron chi connectivity index (χ2n) is 3.77. The number of nitrogens with zero attached hydrogens (tertiary/aromatic N) is 1. The van der Waals surface area contributed by atoms with Crippen LogP contribution in [0.25, 0.3) is 10.9 Å². The molecule has 0 fully saturated rings. The summed E-state index contributed by atoms with van der Waals surface area (Å²) in [5.74, 6) is -0.919. The van der Waals surface area contributed by atoms with Crippen LogP contribution >= 0.6 is 15.9 Å². The van der Waals surface area contributed by atoms with E-state index in [1.807, 2.05) is 30.3 Å². The van der Waals surface area contributed by atoms with Crippen molar-refractivity contribution >= 4 is 32.8 Å². The van der Waals surface area contributed by atoms with Crippen molar-refractivity contribution in [2.45, 2.75) is 12.5 Å². The van der Waals surface area contributed by atoms with Crippen LogP contribution < -0.4 is 5.73 Å². The number of aromatic nitrogens is 1. The molecule has 0 aliphatic heterocycles. The fourth-order valence-corrected chi connectivity index (χ4v) is 2.27. The normalized spacial score (nSPS) is 12.6. The van der Waals surface area contributed by atoms with Crippen LogP contribution in [0, 0.1) is 0 Å². The van der Waals surface area contributed by atoms with E-state index < -0.39 is 12.0 Å². The molecule has 1 heterocycles. The Morgan fingerprint density at radius 1 is 1.47 bits per heavy atom. The molecule has 0 aliphatic carbocycles. The van der Waals surface area contributed by atoms with Gasteiger partial charge in [-0.15, -0.1) is 0 Å². The number of carbonyl (C=O) groups is 1. The molecule has 1 unspecified atom stereocenters. The molecule has 0 spiro atoms. The second kappa shape index (κ2) is 4.81. The Balaban J connectivity index is 2.46. The Bertz CT molecular complexity index is 571. The fourth-order valence-electron chi connectivity index (χ4n) is 1.67. The van der Waals surface area contributed by atoms with Gasteiger partial charge in [0.25, 0.3) is 0 Å². The number of hydrogen-bond donors (Lipinski definition) is 2. The van der Waals surface area contributed by atoms with Crippen molar-refractivity contribution in [3.8, 4) is 0 Å². The largest absolute Gasteiger partial charge is 0.481 e. The monoisotopic (exact) mass is 294 g/mol. The highest BCUT2D eigenvalue weighted by Crippen LogP contribution is 2.26. The van der Waals surface area contributed by atoms with E-state index in [4.69, 9.17) is 10.8 Å². The second-order valence-corrected chi connectivity index (χ2v) is 4.52. The quantitative estimate of drug-likeness (QED) is 0.853. The molecule has 0 saturated carbocycles. The molecule has 88 valence electrons. The van der Waals surface area contributed by atoms with Crippen LogP contribution in [0.2, 0.25) is 0 Å². The van der Waals surface area contributed by atoms with Gasteiger partial charge in [-0.2, -0.15) is 0 Å². The summed E-state index contributed by atoms with van der Waals surface area (Å²) in [4.78, 5) is 15.0. The van der Waals surface area contributed by atoms with Crippen LogP contribution in [0.15, 0.2) is 34.9 Å². The molecular formula is C12H11BrN2O2. The lowest BCUT2D eigenvalue weighted by molar-refractivity contribution is -0.137. The van der Waals surface area contributed by atoms with Crippen LogP contribution in [0.4, 0.5) is 0 Å². The minimum absolute atomic E-state index is 0.112. The minimum atomic E-state index is -0.919. The van der Waals surface area contributed by atoms with Crippen LogP contribution in [0.5, 0.6) is 0 Å². The van der Waals surface area contributed by atoms with E-state index in [-0.39, 0.29) is 6.42 Å². The van der Waals surface area contributed by atoms with Gasteiger partial charge in [0.1, 0.15) is 4.60 Å². The van der Waals surface area contributed by atoms with Gasteiger partial charge in [0, 0.05) is 17.0 Å². The first-order chi connectivity index (χ1) is 8.08. The van der Waals surface area contributed by atoms with Crippen molar-refractivity contribution < 1.29 is 9.90 Å². The summed E-state index contributed by atoms with van der Waals surface area (Å²) in [6.07, 6.45) is -0.112. The maximum absolute atomic E-state index is 10.6. The summed E-state index contributed by atoms with van der Waals surface area (Å²) in [6.45, 7) is 0. The van der Waals surface area contributed by atoms with Crippen LogP contribution in [-0.2, 0) is 4.79 Å². The zero-order valence-corrected chi connectivity index (χ0v) is 10.5. The van der Waals surface area contributed by atoms with Crippen molar-refractivity contribution in [2.75, 3.05) is 0 Å². The minimum Gasteiger partial charge on any atom is -0.481 e. The number of hydrogen-bond acceptors (Lipinski definition) is 3. The van der Waals surface area contributed by atoms with E-state index in [1.165, 1.54) is 0 Å². The fraction of sp³-hybridized carbons (Fsp3) is 0.167. The summed E-state index contributed by atoms with van der Waals surface area (Å²) < 4.78 is 0.602. The Hall–Kier alpha value is -1.46. The molecule has 0 saturated heterocycles. The van der Waals surface area contributed by atoms with E-state index in [0.29, 0.717) is 10.2 Å². The van der Waals surface area contributed by atoms with E-state index in [1.54, 1.807) is 0 Å². The van der Waals surface area contributed by atoms with Crippen molar-refractivity contribution in [2.24, 2.45) is 5.73 Å². The van der Waals surface area contributed by atoms with E-state index >= 15 is 0 Å². The van der Waals surface area contributed by atoms with E-state index in [0.717, 1.165) is 10.9 Å². The number of nitrogens with two attached hydrogens (primary N) is 1. The summed E-state index contributed by atoms with van der Waals surface area (Å²) in [5, 5.41) is 9.68. The van der Waals surface area contributed by atoms with Crippen molar-refractivity contribution in [1.82, 2.24) is 4.98 Å². The predicted octanol–water partition coefficient (Wildman–Crippen LogP) is 2.47. The molecule has 1 aromatic carbocycles. The van der Waals surface area contributed by atoms with Gasteiger partial charge in [0.05, 0.1) is 11.9 Å². The lowest BCUT2D eigenvalue weighted by Crippen LogP contribution is -2.16. The number of carboxylic acid groups (broad SMARTS) is 1. The average molecular weight is 295 g/mol. The number of para-hydroxylation sites is 1. The van der Waals surface area contributed by atoms with Crippen molar-refractivity contribution in [3.63, 3.8) is 0 Å². The van der Waals surface area contributed by atoms with Crippen LogP contribution in [0.1, 0.15) is 18.0 Å². The lowest BCUT2D eigenvalue weighted by Gasteiger charge is -2.12. The molecule has 1 aromatic heterocycles. The maximum Gasteiger partial charge on any atom is 0.305 e. The molecule has 0 bridgehead atoms. The summed E-state index contributed by atoms with van der Waals surface area (Å²) in [7, 11) is 0. The summed E-state index contributed by atoms with van der Waals surface area (Å²) >= 11 is 3.32. The number of aliphatic carboxylic acids is 1. The Morgan fingerprint density at radius 3 is 2.88 bits per heavy atom. The first-order valence-corrected chi connectivity index (χ1v) is 5.90. The summed E-state index contributed by atoms with van der Waals surface area (Å²) in [5.41, 5.74) is 7.40. The van der Waals surface area contributed by atoms with Gasteiger partial charge >= 0.3 is 5.97 Å². The zero-order chi connectivity index (χ0) is 12.4. The predicted molar refractivity (Wildman–Crippen MR) is 68.6 cm³/mol. The number of benzene rings is 1. The third kappa shape index (κ3) is 2.62. The molecule has 4 nitrogen and oxygen atoms in total. The van der Waals surface area contributed by atoms with Crippen molar-refractivity contribution in [3.05, 3.63) is 40.5 Å². The molecular weight excluding hydrogens is 284 g/mol. The van der Waals surface area contributed by atoms with Gasteiger partial charge in [-0.3, -0.25) is 4.79 Å². The van der Waals surface area contributed by atoms with Crippen molar-refractivity contribution in [1.29, 1.82) is 0 Å². The van der Waals surface area contributed by atoms with Gasteiger partial charge in [0.15, 0.2) is 0 Å². The van der Waals surface area contributed by atoms with Gasteiger partial charge in [-0.1, -0.05) is 18.2 Å². The van der Waals surface area contributed by atoms with Gasteiger partial charge in [-0.05, 0) is 28.1 Å². The highest BCUT2D eigenvalue weighted by Gasteiger charge is 2.15. The number of rotatable bonds is 3. The highest BCUT2D eigenvalue weighted by atomic mass is 79.9. The third-order valence-corrected chi connectivity index (χ3v) is 3.13. The molecule has 0 aliphatic rings. The van der Waals surface area contributed by atoms with Gasteiger partial charge in [-0.25, -0.2) is 4.98 Å². The molecule has 5 heteroatoms. The van der Waals surface area contributed by atoms with Crippen LogP contribution in [0.3, 0.4) is 0 Å². The van der Waals surface area contributed by atoms with Gasteiger partial charge in [0.2, 0.25) is 0 Å². The molecule has 3 N–H and O–H groups in total. The number of fused-ring (bicyclic) bond motifs is 1. The molecule has 17 heavy (non-hydrogen) atoms. The standard InChI is InChI=1S/C12H11BrN2O2/c13-12-8(9(14)6-11(16)17)5-7-3-1-2-4-10(7)15-12/h1-5,9H,6,14H2,(H,16,17). The average Bonchev–Trinajstić information content (AvgIpc) is 2.27. The molecule has 2 rings (SSSR count). The van der Waals surface area contributed by atoms with Crippen LogP contribution in [-0.4, -0.2) is 16.1 Å². The first kappa shape index (κ1) is 12.0. The highest BCUT2D eigenvalue weighted by molar-refractivity contribution is 9.10. The topological polar surface area (TPSA) is 76.2 Å². The first-order valence-electron chi connectivity index (χ1n) is 5.10. The molecule has 0 radical (unpaired) electrons. The molecule has 2 aromatic rings. The number of pyridine rings is 1. The maximum atomic E-state index is 10.6. The van der Waals surface area contributed by atoms with E-state index in [2.05, 4.69) is 20.9 Å². The number of carboxylic acids is 1. The lowest BCUT2D eigenvalue weighted by atomic mass is 10.0. The Labute approximate surface area is 107 Å².